The second kappa shape index (κ2) is 4.65. The van der Waals surface area contributed by atoms with E-state index in [4.69, 9.17) is 4.74 Å². The van der Waals surface area contributed by atoms with Crippen molar-refractivity contribution in [3.05, 3.63) is 17.0 Å². The van der Waals surface area contributed by atoms with Crippen molar-refractivity contribution < 1.29 is 9.53 Å². The van der Waals surface area contributed by atoms with E-state index in [9.17, 15) is 4.79 Å². The first-order valence-corrected chi connectivity index (χ1v) is 5.51. The maximum absolute atomic E-state index is 11.8. The van der Waals surface area contributed by atoms with Crippen molar-refractivity contribution in [3.8, 4) is 0 Å². The number of carbonyl (C=O) groups is 1. The van der Waals surface area contributed by atoms with E-state index in [-0.39, 0.29) is 12.5 Å². The lowest BCUT2D eigenvalue weighted by molar-refractivity contribution is -0.135. The molecule has 1 N–H and O–H groups in total. The average molecular weight is 223 g/mol. The van der Waals surface area contributed by atoms with Crippen LogP contribution in [-0.2, 0) is 22.5 Å². The summed E-state index contributed by atoms with van der Waals surface area (Å²) >= 11 is 0. The maximum atomic E-state index is 11.8. The summed E-state index contributed by atoms with van der Waals surface area (Å²) in [6, 6.07) is 0. The minimum absolute atomic E-state index is 0.0518. The molecule has 0 atom stereocenters. The lowest BCUT2D eigenvalue weighted by Crippen LogP contribution is -2.33. The molecule has 1 aromatic heterocycles. The third-order valence-electron chi connectivity index (χ3n) is 2.97. The number of amides is 1. The Morgan fingerprint density at radius 2 is 2.44 bits per heavy atom. The first kappa shape index (κ1) is 11.1. The molecule has 2 heterocycles. The first-order valence-electron chi connectivity index (χ1n) is 5.51. The average Bonchev–Trinajstić information content (AvgIpc) is 2.52. The number of hydrogen-bond donors (Lipinski definition) is 1. The maximum Gasteiger partial charge on any atom is 0.248 e. The number of aryl methyl sites for hydroxylation is 2. The van der Waals surface area contributed by atoms with Crippen LogP contribution in [0.25, 0.3) is 0 Å². The molecular formula is C11H17N3O2. The van der Waals surface area contributed by atoms with Gasteiger partial charge in [-0.15, -0.1) is 0 Å². The van der Waals surface area contributed by atoms with E-state index in [0.717, 1.165) is 30.8 Å². The number of methoxy groups -OCH3 is 1. The van der Waals surface area contributed by atoms with Crippen LogP contribution in [0.1, 0.15) is 23.4 Å². The summed E-state index contributed by atoms with van der Waals surface area (Å²) in [5.74, 6) is 0.0518. The van der Waals surface area contributed by atoms with Crippen LogP contribution in [0.15, 0.2) is 0 Å². The van der Waals surface area contributed by atoms with Gasteiger partial charge in [0.05, 0.1) is 5.69 Å². The molecule has 0 fully saturated rings. The van der Waals surface area contributed by atoms with Crippen molar-refractivity contribution in [2.24, 2.45) is 0 Å². The number of H-pyrrole nitrogens is 1. The fourth-order valence-corrected chi connectivity index (χ4v) is 2.05. The third-order valence-corrected chi connectivity index (χ3v) is 2.97. The summed E-state index contributed by atoms with van der Waals surface area (Å²) in [4.78, 5) is 13.6. The van der Waals surface area contributed by atoms with Crippen LogP contribution in [0, 0.1) is 6.92 Å². The molecular weight excluding hydrogens is 206 g/mol. The zero-order valence-corrected chi connectivity index (χ0v) is 9.75. The molecule has 1 aromatic rings. The van der Waals surface area contributed by atoms with Crippen molar-refractivity contribution in [1.82, 2.24) is 15.1 Å². The van der Waals surface area contributed by atoms with Crippen LogP contribution in [0.2, 0.25) is 0 Å². The number of aromatic amines is 1. The van der Waals surface area contributed by atoms with Crippen LogP contribution in [0.3, 0.4) is 0 Å². The summed E-state index contributed by atoms with van der Waals surface area (Å²) in [5.41, 5.74) is 3.33. The van der Waals surface area contributed by atoms with Crippen LogP contribution >= 0.6 is 0 Å². The molecule has 0 saturated heterocycles. The van der Waals surface area contributed by atoms with E-state index in [0.29, 0.717) is 6.54 Å². The number of fused-ring (bicyclic) bond motifs is 1. The quantitative estimate of drug-likeness (QED) is 0.800. The SMILES string of the molecule is COCC(=O)N1CCCc2n[nH]c(C)c2C1. The second-order valence-corrected chi connectivity index (χ2v) is 4.13. The summed E-state index contributed by atoms with van der Waals surface area (Å²) in [6.07, 6.45) is 1.91. The van der Waals surface area contributed by atoms with Gasteiger partial charge in [-0.05, 0) is 19.8 Å². The summed E-state index contributed by atoms with van der Waals surface area (Å²) in [6.45, 7) is 3.60. The Hall–Kier alpha value is -1.36. The number of aromatic nitrogens is 2. The van der Waals surface area contributed by atoms with Gasteiger partial charge in [0.2, 0.25) is 5.91 Å². The lowest BCUT2D eigenvalue weighted by Gasteiger charge is -2.20. The minimum Gasteiger partial charge on any atom is -0.375 e. The van der Waals surface area contributed by atoms with Crippen molar-refractivity contribution in [2.75, 3.05) is 20.3 Å². The van der Waals surface area contributed by atoms with E-state index in [1.807, 2.05) is 11.8 Å². The highest BCUT2D eigenvalue weighted by atomic mass is 16.5. The predicted molar refractivity (Wildman–Crippen MR) is 58.9 cm³/mol. The number of carbonyl (C=O) groups excluding carboxylic acids is 1. The van der Waals surface area contributed by atoms with Gasteiger partial charge >= 0.3 is 0 Å². The number of nitrogens with zero attached hydrogens (tertiary/aromatic N) is 2. The normalized spacial score (nSPS) is 15.8. The number of nitrogens with one attached hydrogen (secondary N) is 1. The summed E-state index contributed by atoms with van der Waals surface area (Å²) < 4.78 is 4.88. The first-order chi connectivity index (χ1) is 7.72. The Morgan fingerprint density at radius 3 is 3.19 bits per heavy atom. The topological polar surface area (TPSA) is 58.2 Å². The molecule has 5 nitrogen and oxygen atoms in total. The van der Waals surface area contributed by atoms with Gasteiger partial charge < -0.3 is 9.64 Å². The van der Waals surface area contributed by atoms with Crippen LogP contribution < -0.4 is 0 Å². The highest BCUT2D eigenvalue weighted by Gasteiger charge is 2.21. The van der Waals surface area contributed by atoms with E-state index in [1.54, 1.807) is 7.11 Å². The smallest absolute Gasteiger partial charge is 0.248 e. The van der Waals surface area contributed by atoms with Gasteiger partial charge in [-0.3, -0.25) is 9.89 Å². The molecule has 1 amide bonds. The van der Waals surface area contributed by atoms with E-state index in [2.05, 4.69) is 10.2 Å². The van der Waals surface area contributed by atoms with Crippen LogP contribution in [0.4, 0.5) is 0 Å². The molecule has 2 rings (SSSR count). The van der Waals surface area contributed by atoms with Crippen molar-refractivity contribution in [2.45, 2.75) is 26.3 Å². The Kier molecular flexibility index (Phi) is 3.24. The van der Waals surface area contributed by atoms with Crippen LogP contribution in [-0.4, -0.2) is 41.3 Å². The Labute approximate surface area is 94.8 Å². The fraction of sp³-hybridized carbons (Fsp3) is 0.636. The third kappa shape index (κ3) is 2.09. The molecule has 1 aliphatic heterocycles. The molecule has 0 aromatic carbocycles. The fourth-order valence-electron chi connectivity index (χ4n) is 2.05. The predicted octanol–water partition coefficient (Wildman–Crippen LogP) is 0.639. The van der Waals surface area contributed by atoms with Gasteiger partial charge in [0.25, 0.3) is 0 Å². The van der Waals surface area contributed by atoms with Crippen molar-refractivity contribution >= 4 is 5.91 Å². The van der Waals surface area contributed by atoms with Gasteiger partial charge in [0, 0.05) is 31.5 Å². The highest BCUT2D eigenvalue weighted by molar-refractivity contribution is 5.77. The number of hydrogen-bond acceptors (Lipinski definition) is 3. The Bertz CT molecular complexity index is 387. The van der Waals surface area contributed by atoms with Crippen LogP contribution in [0.5, 0.6) is 0 Å². The van der Waals surface area contributed by atoms with E-state index in [1.165, 1.54) is 5.56 Å². The van der Waals surface area contributed by atoms with Gasteiger partial charge in [-0.1, -0.05) is 0 Å². The van der Waals surface area contributed by atoms with Gasteiger partial charge in [0.1, 0.15) is 6.61 Å². The summed E-state index contributed by atoms with van der Waals surface area (Å²) in [7, 11) is 1.55. The molecule has 0 spiro atoms. The van der Waals surface area contributed by atoms with E-state index < -0.39 is 0 Å². The standard InChI is InChI=1S/C11H17N3O2/c1-8-9-6-14(11(15)7-16-2)5-3-4-10(9)13-12-8/h3-7H2,1-2H3,(H,12,13). The largest absolute Gasteiger partial charge is 0.375 e. The molecule has 0 saturated carbocycles. The highest BCUT2D eigenvalue weighted by Crippen LogP contribution is 2.19. The molecule has 16 heavy (non-hydrogen) atoms. The van der Waals surface area contributed by atoms with Crippen molar-refractivity contribution in [3.63, 3.8) is 0 Å². The molecule has 1 aliphatic rings. The molecule has 0 bridgehead atoms. The molecule has 0 aliphatic carbocycles. The molecule has 5 heteroatoms. The number of rotatable bonds is 2. The summed E-state index contributed by atoms with van der Waals surface area (Å²) in [5, 5.41) is 7.24. The van der Waals surface area contributed by atoms with Gasteiger partial charge in [0.15, 0.2) is 0 Å². The Morgan fingerprint density at radius 1 is 1.62 bits per heavy atom. The monoisotopic (exact) mass is 223 g/mol. The molecule has 88 valence electrons. The molecule has 0 unspecified atom stereocenters. The second-order valence-electron chi connectivity index (χ2n) is 4.13. The zero-order chi connectivity index (χ0) is 11.5. The molecule has 0 radical (unpaired) electrons. The van der Waals surface area contributed by atoms with Crippen molar-refractivity contribution in [1.29, 1.82) is 0 Å². The minimum atomic E-state index is 0.0518. The van der Waals surface area contributed by atoms with Gasteiger partial charge in [-0.2, -0.15) is 5.10 Å². The van der Waals surface area contributed by atoms with Gasteiger partial charge in [-0.25, -0.2) is 0 Å². The Balaban J connectivity index is 2.15. The number of ether oxygens (including phenoxy) is 1. The zero-order valence-electron chi connectivity index (χ0n) is 9.75. The lowest BCUT2D eigenvalue weighted by atomic mass is 10.1. The van der Waals surface area contributed by atoms with E-state index >= 15 is 0 Å².